The minimum absolute atomic E-state index is 0.0979. The zero-order chi connectivity index (χ0) is 21.2. The summed E-state index contributed by atoms with van der Waals surface area (Å²) in [6.45, 7) is 1.47. The summed E-state index contributed by atoms with van der Waals surface area (Å²) >= 11 is 0. The van der Waals surface area contributed by atoms with Crippen molar-refractivity contribution in [3.63, 3.8) is 0 Å². The summed E-state index contributed by atoms with van der Waals surface area (Å²) < 4.78 is 3.53. The number of carbonyl (C=O) groups is 1. The molecule has 0 radical (unpaired) electrons. The van der Waals surface area contributed by atoms with Gasteiger partial charge in [0.25, 0.3) is 0 Å². The highest BCUT2D eigenvalue weighted by molar-refractivity contribution is 5.88. The number of hydrogen-bond donors (Lipinski definition) is 3. The molecular formula is C20H21N7O3. The monoisotopic (exact) mass is 407 g/mol. The topological polar surface area (TPSA) is 131 Å². The Kier molecular flexibility index (Phi) is 3.96. The lowest BCUT2D eigenvalue weighted by Crippen LogP contribution is -2.36. The van der Waals surface area contributed by atoms with Gasteiger partial charge in [0.05, 0.1) is 36.4 Å². The molecule has 0 saturated heterocycles. The fraction of sp³-hybridized carbons (Fsp3) is 0.450. The van der Waals surface area contributed by atoms with E-state index in [1.807, 2.05) is 7.05 Å². The number of anilines is 1. The third-order valence-electron chi connectivity index (χ3n) is 6.43. The molecule has 3 heterocycles. The minimum Gasteiger partial charge on any atom is -0.389 e. The summed E-state index contributed by atoms with van der Waals surface area (Å²) in [5.41, 5.74) is 0.871. The number of aliphatic hydroxyl groups excluding tert-OH is 2. The summed E-state index contributed by atoms with van der Waals surface area (Å²) in [6.07, 6.45) is 3.25. The number of nitrogens with one attached hydrogen (secondary N) is 1. The zero-order valence-corrected chi connectivity index (χ0v) is 16.7. The number of rotatable bonds is 3. The van der Waals surface area contributed by atoms with Gasteiger partial charge >= 0.3 is 0 Å². The van der Waals surface area contributed by atoms with E-state index in [1.165, 1.54) is 6.92 Å². The molecule has 3 aromatic heterocycles. The van der Waals surface area contributed by atoms with E-state index in [0.717, 1.165) is 5.69 Å². The number of fused-ring (bicyclic) bond motifs is 2. The Bertz CT molecular complexity index is 1240. The SMILES string of the molecule is CNc1nc(C#Cc2cncn2C)nc2c1ncn2[C@@H]1C2C[C@@]2(C(C)=O)C(O)[C@H]1O. The van der Waals surface area contributed by atoms with Crippen LogP contribution < -0.4 is 5.32 Å². The number of Topliss-reactive ketones (excluding diaryl/α,β-unsaturated/α-hetero) is 1. The number of ketones is 1. The van der Waals surface area contributed by atoms with Gasteiger partial charge in [0, 0.05) is 14.1 Å². The molecule has 0 spiro atoms. The van der Waals surface area contributed by atoms with Crippen molar-refractivity contribution in [2.45, 2.75) is 31.6 Å². The third kappa shape index (κ3) is 2.42. The molecule has 154 valence electrons. The molecule has 0 aromatic carbocycles. The van der Waals surface area contributed by atoms with E-state index in [1.54, 1.807) is 35.0 Å². The van der Waals surface area contributed by atoms with E-state index in [9.17, 15) is 15.0 Å². The van der Waals surface area contributed by atoms with Crippen LogP contribution in [0.15, 0.2) is 18.9 Å². The molecular weight excluding hydrogens is 386 g/mol. The molecule has 2 unspecified atom stereocenters. The van der Waals surface area contributed by atoms with Gasteiger partial charge in [0.1, 0.15) is 17.6 Å². The average Bonchev–Trinajstić information content (AvgIpc) is 2.99. The van der Waals surface area contributed by atoms with Crippen molar-refractivity contribution >= 4 is 22.8 Å². The maximum atomic E-state index is 12.2. The van der Waals surface area contributed by atoms with E-state index >= 15 is 0 Å². The number of nitrogens with zero attached hydrogens (tertiary/aromatic N) is 6. The molecule has 2 saturated carbocycles. The molecule has 5 rings (SSSR count). The first-order valence-electron chi connectivity index (χ1n) is 9.66. The van der Waals surface area contributed by atoms with Gasteiger partial charge in [-0.1, -0.05) is 0 Å². The second kappa shape index (κ2) is 6.35. The summed E-state index contributed by atoms with van der Waals surface area (Å²) in [7, 11) is 3.58. The van der Waals surface area contributed by atoms with Gasteiger partial charge in [-0.25, -0.2) is 19.9 Å². The van der Waals surface area contributed by atoms with Crippen LogP contribution in [-0.2, 0) is 11.8 Å². The van der Waals surface area contributed by atoms with Crippen LogP contribution in [0.25, 0.3) is 11.2 Å². The second-order valence-corrected chi connectivity index (χ2v) is 7.94. The average molecular weight is 407 g/mol. The Morgan fingerprint density at radius 2 is 2.10 bits per heavy atom. The first kappa shape index (κ1) is 18.7. The lowest BCUT2D eigenvalue weighted by molar-refractivity contribution is -0.128. The highest BCUT2D eigenvalue weighted by Gasteiger charge is 2.74. The van der Waals surface area contributed by atoms with Crippen LogP contribution >= 0.6 is 0 Å². The van der Waals surface area contributed by atoms with E-state index in [2.05, 4.69) is 37.1 Å². The smallest absolute Gasteiger partial charge is 0.209 e. The Balaban J connectivity index is 1.61. The summed E-state index contributed by atoms with van der Waals surface area (Å²) in [4.78, 5) is 29.6. The molecule has 30 heavy (non-hydrogen) atoms. The Morgan fingerprint density at radius 1 is 1.30 bits per heavy atom. The maximum Gasteiger partial charge on any atom is 0.209 e. The molecule has 5 atom stereocenters. The molecule has 3 aromatic rings. The van der Waals surface area contributed by atoms with Crippen LogP contribution in [0.1, 0.15) is 30.9 Å². The normalized spacial score (nSPS) is 29.4. The van der Waals surface area contributed by atoms with Crippen molar-refractivity contribution in [1.82, 2.24) is 29.1 Å². The fourth-order valence-corrected chi connectivity index (χ4v) is 4.73. The molecule has 2 aliphatic carbocycles. The molecule has 10 heteroatoms. The Labute approximate surface area is 172 Å². The number of aromatic nitrogens is 6. The molecule has 2 fully saturated rings. The van der Waals surface area contributed by atoms with Crippen molar-refractivity contribution in [2.24, 2.45) is 18.4 Å². The first-order chi connectivity index (χ1) is 14.4. The van der Waals surface area contributed by atoms with E-state index in [0.29, 0.717) is 23.4 Å². The van der Waals surface area contributed by atoms with Gasteiger partial charge in [-0.15, -0.1) is 0 Å². The second-order valence-electron chi connectivity index (χ2n) is 7.94. The lowest BCUT2D eigenvalue weighted by atomic mass is 9.95. The first-order valence-corrected chi connectivity index (χ1v) is 9.66. The van der Waals surface area contributed by atoms with Gasteiger partial charge in [0.2, 0.25) is 5.82 Å². The highest BCUT2D eigenvalue weighted by Crippen LogP contribution is 2.68. The van der Waals surface area contributed by atoms with Crippen LogP contribution in [0.4, 0.5) is 5.82 Å². The molecule has 10 nitrogen and oxygen atoms in total. The predicted molar refractivity (Wildman–Crippen MR) is 106 cm³/mol. The predicted octanol–water partition coefficient (Wildman–Crippen LogP) is -0.127. The fourth-order valence-electron chi connectivity index (χ4n) is 4.73. The Hall–Kier alpha value is -3.29. The van der Waals surface area contributed by atoms with Crippen molar-refractivity contribution in [2.75, 3.05) is 12.4 Å². The van der Waals surface area contributed by atoms with E-state index in [4.69, 9.17) is 0 Å². The van der Waals surface area contributed by atoms with Gasteiger partial charge in [-0.3, -0.25) is 4.79 Å². The third-order valence-corrected chi connectivity index (χ3v) is 6.43. The lowest BCUT2D eigenvalue weighted by Gasteiger charge is -2.23. The highest BCUT2D eigenvalue weighted by atomic mass is 16.3. The van der Waals surface area contributed by atoms with Crippen molar-refractivity contribution in [1.29, 1.82) is 0 Å². The van der Waals surface area contributed by atoms with Crippen LogP contribution in [0.2, 0.25) is 0 Å². The summed E-state index contributed by atoms with van der Waals surface area (Å²) in [5.74, 6) is 6.49. The maximum absolute atomic E-state index is 12.2. The van der Waals surface area contributed by atoms with Gasteiger partial charge < -0.3 is 24.7 Å². The zero-order valence-electron chi connectivity index (χ0n) is 16.7. The molecule has 0 bridgehead atoms. The number of carbonyl (C=O) groups excluding carboxylic acids is 1. The van der Waals surface area contributed by atoms with Crippen molar-refractivity contribution in [3.8, 4) is 11.8 Å². The van der Waals surface area contributed by atoms with Crippen LogP contribution in [0.3, 0.4) is 0 Å². The molecule has 0 aliphatic heterocycles. The van der Waals surface area contributed by atoms with Crippen LogP contribution in [0.5, 0.6) is 0 Å². The van der Waals surface area contributed by atoms with Gasteiger partial charge in [0.15, 0.2) is 17.0 Å². The van der Waals surface area contributed by atoms with Crippen molar-refractivity contribution < 1.29 is 15.0 Å². The minimum atomic E-state index is -1.10. The number of aliphatic hydroxyl groups is 2. The van der Waals surface area contributed by atoms with Gasteiger partial charge in [-0.05, 0) is 31.1 Å². The van der Waals surface area contributed by atoms with Crippen molar-refractivity contribution in [3.05, 3.63) is 30.4 Å². The summed E-state index contributed by atoms with van der Waals surface area (Å²) in [6, 6.07) is -0.494. The van der Waals surface area contributed by atoms with Crippen LogP contribution in [-0.4, -0.2) is 64.3 Å². The van der Waals surface area contributed by atoms with Crippen LogP contribution in [0, 0.1) is 23.2 Å². The number of hydrogen-bond acceptors (Lipinski definition) is 8. The number of aryl methyl sites for hydroxylation is 1. The molecule has 2 aliphatic rings. The van der Waals surface area contributed by atoms with E-state index < -0.39 is 23.7 Å². The molecule has 0 amide bonds. The molecule has 3 N–H and O–H groups in total. The quantitative estimate of drug-likeness (QED) is 0.512. The summed E-state index contributed by atoms with van der Waals surface area (Å²) in [5, 5.41) is 24.3. The Morgan fingerprint density at radius 3 is 2.73 bits per heavy atom. The largest absolute Gasteiger partial charge is 0.389 e. The van der Waals surface area contributed by atoms with Gasteiger partial charge in [-0.2, -0.15) is 0 Å². The standard InChI is InChI=1S/C20H21N7O3/c1-10(28)20-6-12(20)15(16(29)17(20)30)27-9-23-14-18(21-2)24-13(25-19(14)27)5-4-11-7-22-8-26(11)3/h7-9,12,15-17,29-30H,6H2,1-3H3,(H,21,24,25)/t12?,15-,16+,17?,20+/m1/s1. The number of imidazole rings is 2. The van der Waals surface area contributed by atoms with E-state index in [-0.39, 0.29) is 17.5 Å².